The van der Waals surface area contributed by atoms with Crippen molar-refractivity contribution in [2.24, 2.45) is 5.73 Å². The number of nitrogens with two attached hydrogens (primary N) is 1. The normalized spacial score (nSPS) is 20.1. The molecule has 6 nitrogen and oxygen atoms in total. The van der Waals surface area contributed by atoms with Crippen molar-refractivity contribution < 1.29 is 19.1 Å². The van der Waals surface area contributed by atoms with Crippen LogP contribution in [-0.4, -0.2) is 30.9 Å². The van der Waals surface area contributed by atoms with Crippen LogP contribution in [0.3, 0.4) is 0 Å². The highest BCUT2D eigenvalue weighted by Crippen LogP contribution is 2.13. The maximum absolute atomic E-state index is 11.3. The van der Waals surface area contributed by atoms with Crippen molar-refractivity contribution in [3.63, 3.8) is 0 Å². The van der Waals surface area contributed by atoms with Crippen LogP contribution >= 0.6 is 0 Å². The van der Waals surface area contributed by atoms with E-state index in [1.807, 2.05) is 6.92 Å². The van der Waals surface area contributed by atoms with Crippen molar-refractivity contribution >= 4 is 12.1 Å². The first-order valence-corrected chi connectivity index (χ1v) is 6.08. The SMILES string of the molecule is CC1=CC(OC(=O)NCCCC[C@@H](C)N)OC1=O. The molecular formula is C12H20N2O4. The Balaban J connectivity index is 2.10. The number of alkyl carbamates (subject to hydrolysis) is 1. The molecule has 1 unspecified atom stereocenters. The fourth-order valence-corrected chi connectivity index (χ4v) is 1.49. The molecule has 18 heavy (non-hydrogen) atoms. The summed E-state index contributed by atoms with van der Waals surface area (Å²) >= 11 is 0. The Hall–Kier alpha value is -1.56. The first kappa shape index (κ1) is 14.5. The van der Waals surface area contributed by atoms with Gasteiger partial charge in [0, 0.05) is 24.2 Å². The van der Waals surface area contributed by atoms with Crippen LogP contribution in [0.2, 0.25) is 0 Å². The standard InChI is InChI=1S/C12H20N2O4/c1-8-7-10(17-11(8)15)18-12(16)14-6-4-3-5-9(2)13/h7,9-10H,3-6,13H2,1-2H3,(H,14,16)/t9-,10?/m1/s1. The summed E-state index contributed by atoms with van der Waals surface area (Å²) in [5.41, 5.74) is 6.05. The molecule has 1 heterocycles. The first-order chi connectivity index (χ1) is 8.49. The highest BCUT2D eigenvalue weighted by molar-refractivity contribution is 5.90. The average Bonchev–Trinajstić information content (AvgIpc) is 2.56. The fraction of sp³-hybridized carbons (Fsp3) is 0.667. The first-order valence-electron chi connectivity index (χ1n) is 6.08. The summed E-state index contributed by atoms with van der Waals surface area (Å²) in [6.07, 6.45) is 2.71. The van der Waals surface area contributed by atoms with Crippen LogP contribution in [0.1, 0.15) is 33.1 Å². The largest absolute Gasteiger partial charge is 0.418 e. The molecular weight excluding hydrogens is 236 g/mol. The second kappa shape index (κ2) is 7.00. The van der Waals surface area contributed by atoms with Crippen LogP contribution in [0.5, 0.6) is 0 Å². The van der Waals surface area contributed by atoms with Gasteiger partial charge >= 0.3 is 12.1 Å². The number of hydrogen-bond donors (Lipinski definition) is 2. The number of amides is 1. The summed E-state index contributed by atoms with van der Waals surface area (Å²) in [6, 6.07) is 0.183. The lowest BCUT2D eigenvalue weighted by Crippen LogP contribution is -2.29. The van der Waals surface area contributed by atoms with Crippen LogP contribution < -0.4 is 11.1 Å². The summed E-state index contributed by atoms with van der Waals surface area (Å²) < 4.78 is 9.66. The number of ether oxygens (including phenoxy) is 2. The molecule has 102 valence electrons. The van der Waals surface area contributed by atoms with E-state index in [9.17, 15) is 9.59 Å². The van der Waals surface area contributed by atoms with Gasteiger partial charge in [-0.3, -0.25) is 0 Å². The Morgan fingerprint density at radius 1 is 1.61 bits per heavy atom. The van der Waals surface area contributed by atoms with E-state index in [1.54, 1.807) is 6.92 Å². The van der Waals surface area contributed by atoms with Crippen molar-refractivity contribution in [3.8, 4) is 0 Å². The third-order valence-electron chi connectivity index (χ3n) is 2.51. The molecule has 1 aliphatic heterocycles. The predicted molar refractivity (Wildman–Crippen MR) is 65.6 cm³/mol. The molecule has 0 saturated carbocycles. The van der Waals surface area contributed by atoms with Gasteiger partial charge in [0.25, 0.3) is 6.29 Å². The number of carbonyl (C=O) groups excluding carboxylic acids is 2. The van der Waals surface area contributed by atoms with E-state index in [-0.39, 0.29) is 6.04 Å². The van der Waals surface area contributed by atoms with Crippen LogP contribution in [0, 0.1) is 0 Å². The minimum absolute atomic E-state index is 0.183. The van der Waals surface area contributed by atoms with Crippen LogP contribution in [0.15, 0.2) is 11.6 Å². The zero-order chi connectivity index (χ0) is 13.5. The predicted octanol–water partition coefficient (Wildman–Crippen LogP) is 1.06. The van der Waals surface area contributed by atoms with Crippen LogP contribution in [0.25, 0.3) is 0 Å². The maximum Gasteiger partial charge on any atom is 0.410 e. The van der Waals surface area contributed by atoms with E-state index in [2.05, 4.69) is 5.32 Å². The number of nitrogens with one attached hydrogen (secondary N) is 1. The minimum Gasteiger partial charge on any atom is -0.418 e. The summed E-state index contributed by atoms with van der Waals surface area (Å²) in [6.45, 7) is 4.08. The highest BCUT2D eigenvalue weighted by atomic mass is 16.7. The van der Waals surface area contributed by atoms with Gasteiger partial charge in [0.05, 0.1) is 0 Å². The fourth-order valence-electron chi connectivity index (χ4n) is 1.49. The van der Waals surface area contributed by atoms with Crippen molar-refractivity contribution in [1.82, 2.24) is 5.32 Å². The van der Waals surface area contributed by atoms with E-state index in [1.165, 1.54) is 6.08 Å². The molecule has 0 saturated heterocycles. The molecule has 1 amide bonds. The van der Waals surface area contributed by atoms with Gasteiger partial charge in [0.1, 0.15) is 0 Å². The topological polar surface area (TPSA) is 90.7 Å². The van der Waals surface area contributed by atoms with Crippen molar-refractivity contribution in [1.29, 1.82) is 0 Å². The maximum atomic E-state index is 11.3. The average molecular weight is 256 g/mol. The molecule has 0 aromatic rings. The zero-order valence-electron chi connectivity index (χ0n) is 10.8. The number of hydrogen-bond acceptors (Lipinski definition) is 5. The minimum atomic E-state index is -0.901. The molecule has 3 N–H and O–H groups in total. The lowest BCUT2D eigenvalue weighted by atomic mass is 10.1. The molecule has 0 aliphatic carbocycles. The lowest BCUT2D eigenvalue weighted by Gasteiger charge is -2.11. The van der Waals surface area contributed by atoms with Crippen molar-refractivity contribution in [2.75, 3.05) is 6.54 Å². The van der Waals surface area contributed by atoms with E-state index < -0.39 is 18.4 Å². The summed E-state index contributed by atoms with van der Waals surface area (Å²) in [4.78, 5) is 22.3. The molecule has 1 aliphatic rings. The number of esters is 1. The smallest absolute Gasteiger partial charge is 0.410 e. The summed E-state index contributed by atoms with van der Waals surface area (Å²) in [5.74, 6) is -0.454. The van der Waals surface area contributed by atoms with Crippen LogP contribution in [-0.2, 0) is 14.3 Å². The molecule has 0 aromatic heterocycles. The molecule has 0 bridgehead atoms. The van der Waals surface area contributed by atoms with Gasteiger partial charge < -0.3 is 20.5 Å². The molecule has 6 heteroatoms. The van der Waals surface area contributed by atoms with Gasteiger partial charge in [0.15, 0.2) is 0 Å². The van der Waals surface area contributed by atoms with Crippen LogP contribution in [0.4, 0.5) is 4.79 Å². The second-order valence-corrected chi connectivity index (χ2v) is 4.43. The molecule has 1 rings (SSSR count). The Labute approximate surface area is 106 Å². The van der Waals surface area contributed by atoms with Crippen molar-refractivity contribution in [3.05, 3.63) is 11.6 Å². The number of carbonyl (C=O) groups is 2. The molecule has 0 aromatic carbocycles. The van der Waals surface area contributed by atoms with Gasteiger partial charge in [0.2, 0.25) is 0 Å². The zero-order valence-corrected chi connectivity index (χ0v) is 10.8. The molecule has 0 fully saturated rings. The monoisotopic (exact) mass is 256 g/mol. The third-order valence-corrected chi connectivity index (χ3v) is 2.51. The van der Waals surface area contributed by atoms with E-state index >= 15 is 0 Å². The van der Waals surface area contributed by atoms with Gasteiger partial charge in [-0.25, -0.2) is 9.59 Å². The van der Waals surface area contributed by atoms with E-state index in [0.717, 1.165) is 19.3 Å². The molecule has 0 spiro atoms. The summed E-state index contributed by atoms with van der Waals surface area (Å²) in [5, 5.41) is 2.59. The Kier molecular flexibility index (Phi) is 5.64. The van der Waals surface area contributed by atoms with Gasteiger partial charge in [-0.1, -0.05) is 6.42 Å². The Morgan fingerprint density at radius 3 is 2.89 bits per heavy atom. The molecule has 2 atom stereocenters. The van der Waals surface area contributed by atoms with Crippen molar-refractivity contribution in [2.45, 2.75) is 45.4 Å². The lowest BCUT2D eigenvalue weighted by molar-refractivity contribution is -0.151. The van der Waals surface area contributed by atoms with Gasteiger partial charge in [-0.15, -0.1) is 0 Å². The Bertz CT molecular complexity index is 339. The third kappa shape index (κ3) is 5.18. The van der Waals surface area contributed by atoms with E-state index in [4.69, 9.17) is 15.2 Å². The number of unbranched alkanes of at least 4 members (excludes halogenated alkanes) is 1. The highest BCUT2D eigenvalue weighted by Gasteiger charge is 2.25. The van der Waals surface area contributed by atoms with Gasteiger partial charge in [-0.05, 0) is 26.7 Å². The summed E-state index contributed by atoms with van der Waals surface area (Å²) in [7, 11) is 0. The molecule has 0 radical (unpaired) electrons. The Morgan fingerprint density at radius 2 is 2.33 bits per heavy atom. The number of rotatable bonds is 6. The second-order valence-electron chi connectivity index (χ2n) is 4.43. The quantitative estimate of drug-likeness (QED) is 0.547. The number of cyclic esters (lactones) is 1. The van der Waals surface area contributed by atoms with Gasteiger partial charge in [-0.2, -0.15) is 0 Å². The van der Waals surface area contributed by atoms with E-state index in [0.29, 0.717) is 12.1 Å².